The second kappa shape index (κ2) is 7.76. The Kier molecular flexibility index (Phi) is 5.78. The van der Waals surface area contributed by atoms with E-state index in [4.69, 9.17) is 0 Å². The monoisotopic (exact) mass is 415 g/mol. The Morgan fingerprint density at radius 1 is 1.15 bits per heavy atom. The zero-order chi connectivity index (χ0) is 19.7. The van der Waals surface area contributed by atoms with Gasteiger partial charge in [0.05, 0.1) is 17.7 Å². The minimum absolute atomic E-state index is 0.160. The number of sulfonamides is 2. The highest BCUT2D eigenvalue weighted by molar-refractivity contribution is 7.93. The number of nitrogens with one attached hydrogen (secondary N) is 1. The smallest absolute Gasteiger partial charge is 0.251 e. The Labute approximate surface area is 160 Å². The van der Waals surface area contributed by atoms with Crippen LogP contribution in [0.4, 0.5) is 5.69 Å². The summed E-state index contributed by atoms with van der Waals surface area (Å²) in [6.45, 7) is 1.94. The fourth-order valence-electron chi connectivity index (χ4n) is 3.49. The highest BCUT2D eigenvalue weighted by Gasteiger charge is 2.28. The molecule has 3 rings (SSSR count). The van der Waals surface area contributed by atoms with Gasteiger partial charge in [-0.1, -0.05) is 0 Å². The van der Waals surface area contributed by atoms with Gasteiger partial charge in [0.15, 0.2) is 0 Å². The maximum Gasteiger partial charge on any atom is 0.251 e. The van der Waals surface area contributed by atoms with E-state index < -0.39 is 20.0 Å². The maximum absolute atomic E-state index is 12.3. The molecule has 1 aromatic carbocycles. The van der Waals surface area contributed by atoms with Gasteiger partial charge in [-0.2, -0.15) is 0 Å². The lowest BCUT2D eigenvalue weighted by atomic mass is 9.98. The molecule has 1 aromatic rings. The van der Waals surface area contributed by atoms with E-state index in [1.54, 1.807) is 24.3 Å². The zero-order valence-electron chi connectivity index (χ0n) is 15.3. The summed E-state index contributed by atoms with van der Waals surface area (Å²) in [5.74, 6) is 0.199. The van der Waals surface area contributed by atoms with E-state index >= 15 is 0 Å². The summed E-state index contributed by atoms with van der Waals surface area (Å²) < 4.78 is 49.8. The largest absolute Gasteiger partial charge is 0.352 e. The predicted molar refractivity (Wildman–Crippen MR) is 104 cm³/mol. The van der Waals surface area contributed by atoms with Crippen LogP contribution < -0.4 is 9.62 Å². The number of carbonyl (C=O) groups excluding carboxylic acids is 1. The minimum Gasteiger partial charge on any atom is -0.352 e. The van der Waals surface area contributed by atoms with E-state index in [0.717, 1.165) is 12.8 Å². The molecular formula is C17H25N3O5S2. The molecule has 150 valence electrons. The lowest BCUT2D eigenvalue weighted by Gasteiger charge is -2.30. The third kappa shape index (κ3) is 4.80. The van der Waals surface area contributed by atoms with Gasteiger partial charge in [-0.15, -0.1) is 0 Å². The van der Waals surface area contributed by atoms with E-state index in [-0.39, 0.29) is 17.6 Å². The molecule has 1 N–H and O–H groups in total. The first-order chi connectivity index (χ1) is 12.7. The predicted octanol–water partition coefficient (Wildman–Crippen LogP) is 0.628. The van der Waals surface area contributed by atoms with Crippen molar-refractivity contribution in [3.05, 3.63) is 29.8 Å². The second-order valence-electron chi connectivity index (χ2n) is 7.10. The molecule has 0 unspecified atom stereocenters. The van der Waals surface area contributed by atoms with Gasteiger partial charge in [-0.25, -0.2) is 21.1 Å². The topological polar surface area (TPSA) is 104 Å². The number of nitrogens with zero attached hydrogens (tertiary/aromatic N) is 2. The normalized spacial score (nSPS) is 21.3. The van der Waals surface area contributed by atoms with Crippen LogP contribution in [0.15, 0.2) is 24.3 Å². The van der Waals surface area contributed by atoms with Gasteiger partial charge < -0.3 is 5.32 Å². The van der Waals surface area contributed by atoms with Crippen LogP contribution in [0, 0.1) is 5.92 Å². The Morgan fingerprint density at radius 3 is 2.30 bits per heavy atom. The quantitative estimate of drug-likeness (QED) is 0.760. The van der Waals surface area contributed by atoms with Crippen molar-refractivity contribution in [1.29, 1.82) is 0 Å². The van der Waals surface area contributed by atoms with Gasteiger partial charge >= 0.3 is 0 Å². The Morgan fingerprint density at radius 2 is 1.78 bits per heavy atom. The van der Waals surface area contributed by atoms with Crippen molar-refractivity contribution in [3.8, 4) is 0 Å². The highest BCUT2D eigenvalue weighted by atomic mass is 32.2. The summed E-state index contributed by atoms with van der Waals surface area (Å²) in [6, 6.07) is 6.57. The number of benzene rings is 1. The number of carbonyl (C=O) groups is 1. The molecule has 2 fully saturated rings. The highest BCUT2D eigenvalue weighted by Crippen LogP contribution is 2.24. The first-order valence-corrected chi connectivity index (χ1v) is 12.5. The zero-order valence-corrected chi connectivity index (χ0v) is 16.9. The van der Waals surface area contributed by atoms with Crippen LogP contribution >= 0.6 is 0 Å². The third-order valence-electron chi connectivity index (χ3n) is 5.11. The Balaban J connectivity index is 1.52. The molecule has 2 aliphatic rings. The average Bonchev–Trinajstić information content (AvgIpc) is 2.98. The molecule has 1 amide bonds. The lowest BCUT2D eigenvalue weighted by molar-refractivity contribution is 0.0941. The van der Waals surface area contributed by atoms with Crippen LogP contribution in [0.1, 0.15) is 29.6 Å². The maximum atomic E-state index is 12.3. The van der Waals surface area contributed by atoms with E-state index in [9.17, 15) is 21.6 Å². The number of rotatable bonds is 5. The molecule has 0 radical (unpaired) electrons. The van der Waals surface area contributed by atoms with Crippen LogP contribution in [0.25, 0.3) is 0 Å². The minimum atomic E-state index is -3.23. The number of amides is 1. The molecule has 0 aromatic heterocycles. The van der Waals surface area contributed by atoms with Crippen molar-refractivity contribution in [3.63, 3.8) is 0 Å². The Hall–Kier alpha value is -1.65. The molecule has 2 saturated heterocycles. The van der Waals surface area contributed by atoms with E-state index in [0.29, 0.717) is 43.9 Å². The second-order valence-corrected chi connectivity index (χ2v) is 11.1. The van der Waals surface area contributed by atoms with Crippen molar-refractivity contribution >= 4 is 31.6 Å². The van der Waals surface area contributed by atoms with Crippen molar-refractivity contribution in [1.82, 2.24) is 9.62 Å². The molecule has 0 aliphatic carbocycles. The summed E-state index contributed by atoms with van der Waals surface area (Å²) in [7, 11) is -6.37. The van der Waals surface area contributed by atoms with Crippen LogP contribution in [0.5, 0.6) is 0 Å². The van der Waals surface area contributed by atoms with Gasteiger partial charge in [-0.05, 0) is 49.4 Å². The molecule has 0 saturated carbocycles. The van der Waals surface area contributed by atoms with Gasteiger partial charge in [-0.3, -0.25) is 9.10 Å². The third-order valence-corrected chi connectivity index (χ3v) is 8.28. The summed E-state index contributed by atoms with van der Waals surface area (Å²) in [4.78, 5) is 12.3. The molecule has 0 spiro atoms. The summed E-state index contributed by atoms with van der Waals surface area (Å²) >= 11 is 0. The number of hydrogen-bond donors (Lipinski definition) is 1. The molecule has 27 heavy (non-hydrogen) atoms. The van der Waals surface area contributed by atoms with Crippen molar-refractivity contribution < 1.29 is 21.6 Å². The molecule has 8 nitrogen and oxygen atoms in total. The molecule has 2 aliphatic heterocycles. The number of piperidine rings is 1. The van der Waals surface area contributed by atoms with E-state index in [1.165, 1.54) is 14.9 Å². The molecule has 0 bridgehead atoms. The van der Waals surface area contributed by atoms with Crippen LogP contribution in [0.2, 0.25) is 0 Å². The van der Waals surface area contributed by atoms with Gasteiger partial charge in [0.25, 0.3) is 5.91 Å². The van der Waals surface area contributed by atoms with E-state index in [1.807, 2.05) is 0 Å². The van der Waals surface area contributed by atoms with Crippen molar-refractivity contribution in [2.24, 2.45) is 5.92 Å². The molecule has 0 atom stereocenters. The SMILES string of the molecule is CS(=O)(=O)N1CCC(CNC(=O)c2ccc(N3CCCS3(=O)=O)cc2)CC1. The van der Waals surface area contributed by atoms with Gasteiger partial charge in [0.1, 0.15) is 0 Å². The van der Waals surface area contributed by atoms with Gasteiger partial charge in [0.2, 0.25) is 20.0 Å². The molecule has 10 heteroatoms. The van der Waals surface area contributed by atoms with Crippen LogP contribution in [-0.2, 0) is 20.0 Å². The molecule has 2 heterocycles. The summed E-state index contributed by atoms with van der Waals surface area (Å²) in [6.07, 6.45) is 3.27. The average molecular weight is 416 g/mol. The summed E-state index contributed by atoms with van der Waals surface area (Å²) in [5.41, 5.74) is 1.06. The first kappa shape index (κ1) is 20.1. The number of hydrogen-bond acceptors (Lipinski definition) is 5. The van der Waals surface area contributed by atoms with Crippen molar-refractivity contribution in [2.45, 2.75) is 19.3 Å². The van der Waals surface area contributed by atoms with Crippen molar-refractivity contribution in [2.75, 3.05) is 42.5 Å². The lowest BCUT2D eigenvalue weighted by Crippen LogP contribution is -2.41. The fourth-order valence-corrected chi connectivity index (χ4v) is 5.93. The van der Waals surface area contributed by atoms with Crippen LogP contribution in [0.3, 0.4) is 0 Å². The Bertz CT molecular complexity index is 889. The standard InChI is InChI=1S/C17H25N3O5S2/c1-26(22,23)19-10-7-14(8-11-19)13-18-17(21)15-3-5-16(6-4-15)20-9-2-12-27(20,24)25/h3-6,14H,2,7-13H2,1H3,(H,18,21). The first-order valence-electron chi connectivity index (χ1n) is 9.00. The van der Waals surface area contributed by atoms with Crippen LogP contribution in [-0.4, -0.2) is 65.2 Å². The fraction of sp³-hybridized carbons (Fsp3) is 0.588. The van der Waals surface area contributed by atoms with Gasteiger partial charge in [0, 0.05) is 31.7 Å². The molecular weight excluding hydrogens is 390 g/mol. The van der Waals surface area contributed by atoms with E-state index in [2.05, 4.69) is 5.32 Å². The summed E-state index contributed by atoms with van der Waals surface area (Å²) in [5, 5.41) is 2.89. The number of anilines is 1.